The lowest BCUT2D eigenvalue weighted by atomic mass is 10.3. The van der Waals surface area contributed by atoms with Crippen LogP contribution >= 0.6 is 0 Å². The van der Waals surface area contributed by atoms with Crippen molar-refractivity contribution in [3.05, 3.63) is 26.9 Å². The molecule has 0 aliphatic carbocycles. The molecule has 116 valence electrons. The van der Waals surface area contributed by atoms with E-state index in [-0.39, 0.29) is 31.8 Å². The Balaban J connectivity index is 2.50. The Hall–Kier alpha value is -2.58. The van der Waals surface area contributed by atoms with Crippen molar-refractivity contribution in [1.82, 2.24) is 14.5 Å². The summed E-state index contributed by atoms with van der Waals surface area (Å²) in [5.41, 5.74) is -0.901. The number of rotatable bonds is 7. The van der Waals surface area contributed by atoms with Crippen LogP contribution in [-0.2, 0) is 23.7 Å². The van der Waals surface area contributed by atoms with E-state index in [2.05, 4.69) is 10.6 Å². The largest absolute Gasteiger partial charge is 0.481 e. The Morgan fingerprint density at radius 1 is 1.14 bits per heavy atom. The molecule has 1 aromatic rings. The van der Waals surface area contributed by atoms with Crippen molar-refractivity contribution < 1.29 is 14.7 Å². The number of carboxylic acids is 1. The van der Waals surface area contributed by atoms with Crippen molar-refractivity contribution in [1.29, 1.82) is 0 Å². The van der Waals surface area contributed by atoms with Crippen LogP contribution in [0.3, 0.4) is 0 Å². The molecule has 3 N–H and O–H groups in total. The van der Waals surface area contributed by atoms with Gasteiger partial charge in [-0.25, -0.2) is 4.79 Å². The molecule has 1 aromatic heterocycles. The van der Waals surface area contributed by atoms with Crippen molar-refractivity contribution in [3.63, 3.8) is 0 Å². The zero-order valence-electron chi connectivity index (χ0n) is 11.9. The van der Waals surface area contributed by atoms with E-state index in [4.69, 9.17) is 5.11 Å². The Morgan fingerprint density at radius 3 is 2.43 bits per heavy atom. The maximum atomic E-state index is 11.7. The highest BCUT2D eigenvalue weighted by molar-refractivity contribution is 5.77. The van der Waals surface area contributed by atoms with Crippen molar-refractivity contribution >= 4 is 17.7 Å². The number of aromatic nitrogens is 2. The normalized spacial score (nSPS) is 10.2. The Bertz CT molecular complexity index is 646. The molecule has 0 aliphatic heterocycles. The maximum Gasteiger partial charge on any atom is 0.332 e. The van der Waals surface area contributed by atoms with Gasteiger partial charge in [-0.3, -0.25) is 23.5 Å². The van der Waals surface area contributed by atoms with Crippen LogP contribution in [0.2, 0.25) is 0 Å². The van der Waals surface area contributed by atoms with Gasteiger partial charge in [0.2, 0.25) is 5.91 Å². The molecule has 21 heavy (non-hydrogen) atoms. The topological polar surface area (TPSA) is 122 Å². The maximum absolute atomic E-state index is 11.7. The number of carbonyl (C=O) groups is 2. The molecule has 1 heterocycles. The van der Waals surface area contributed by atoms with Crippen molar-refractivity contribution in [2.24, 2.45) is 14.1 Å². The molecule has 0 aliphatic rings. The van der Waals surface area contributed by atoms with Crippen LogP contribution in [0.4, 0.5) is 5.82 Å². The summed E-state index contributed by atoms with van der Waals surface area (Å²) >= 11 is 0. The van der Waals surface area contributed by atoms with Gasteiger partial charge in [-0.1, -0.05) is 0 Å². The van der Waals surface area contributed by atoms with Gasteiger partial charge in [-0.15, -0.1) is 0 Å². The molecular weight excluding hydrogens is 280 g/mol. The average molecular weight is 298 g/mol. The fraction of sp³-hybridized carbons (Fsp3) is 0.500. The third-order valence-electron chi connectivity index (χ3n) is 2.85. The predicted molar refractivity (Wildman–Crippen MR) is 75.3 cm³/mol. The summed E-state index contributed by atoms with van der Waals surface area (Å²) in [5, 5.41) is 13.7. The average Bonchev–Trinajstić information content (AvgIpc) is 2.41. The van der Waals surface area contributed by atoms with Crippen LogP contribution in [0, 0.1) is 0 Å². The molecular formula is C12H18N4O5. The number of hydrogen-bond acceptors (Lipinski definition) is 5. The van der Waals surface area contributed by atoms with Gasteiger partial charge in [0.1, 0.15) is 5.82 Å². The van der Waals surface area contributed by atoms with Gasteiger partial charge in [-0.05, 0) is 0 Å². The van der Waals surface area contributed by atoms with E-state index >= 15 is 0 Å². The Morgan fingerprint density at radius 2 is 1.81 bits per heavy atom. The molecule has 9 heteroatoms. The molecule has 0 unspecified atom stereocenters. The van der Waals surface area contributed by atoms with Gasteiger partial charge in [0.05, 0.1) is 6.42 Å². The van der Waals surface area contributed by atoms with Crippen LogP contribution in [0.1, 0.15) is 12.8 Å². The summed E-state index contributed by atoms with van der Waals surface area (Å²) < 4.78 is 2.24. The fourth-order valence-corrected chi connectivity index (χ4v) is 1.60. The van der Waals surface area contributed by atoms with Crippen LogP contribution < -0.4 is 21.9 Å². The molecule has 0 aromatic carbocycles. The van der Waals surface area contributed by atoms with Crippen LogP contribution in [0.5, 0.6) is 0 Å². The first-order valence-electron chi connectivity index (χ1n) is 6.32. The van der Waals surface area contributed by atoms with E-state index in [0.29, 0.717) is 5.82 Å². The molecule has 1 rings (SSSR count). The Labute approximate surface area is 120 Å². The van der Waals surface area contributed by atoms with Crippen molar-refractivity contribution in [2.45, 2.75) is 12.8 Å². The van der Waals surface area contributed by atoms with Gasteiger partial charge < -0.3 is 15.7 Å². The van der Waals surface area contributed by atoms with Gasteiger partial charge in [0, 0.05) is 39.7 Å². The lowest BCUT2D eigenvalue weighted by Crippen LogP contribution is -2.37. The van der Waals surface area contributed by atoms with Gasteiger partial charge >= 0.3 is 11.7 Å². The van der Waals surface area contributed by atoms with E-state index in [0.717, 1.165) is 4.57 Å². The second kappa shape index (κ2) is 7.27. The third-order valence-corrected chi connectivity index (χ3v) is 2.85. The quantitative estimate of drug-likeness (QED) is 0.562. The molecule has 0 bridgehead atoms. The summed E-state index contributed by atoms with van der Waals surface area (Å²) in [6, 6.07) is 1.27. The predicted octanol–water partition coefficient (Wildman–Crippen LogP) is -1.52. The number of nitrogens with one attached hydrogen (secondary N) is 2. The monoisotopic (exact) mass is 298 g/mol. The smallest absolute Gasteiger partial charge is 0.332 e. The van der Waals surface area contributed by atoms with E-state index in [1.165, 1.54) is 24.7 Å². The zero-order valence-corrected chi connectivity index (χ0v) is 11.9. The number of nitrogens with zero attached hydrogens (tertiary/aromatic N) is 2. The number of carboxylic acid groups (broad SMARTS) is 1. The standard InChI is InChI=1S/C12H18N4O5/c1-15-8(7-10(18)16(2)12(15)21)13-5-3-9(17)14-6-4-11(19)20/h7,13H,3-6H2,1-2H3,(H,14,17)(H,19,20). The number of carbonyl (C=O) groups excluding carboxylic acids is 1. The second-order valence-corrected chi connectivity index (χ2v) is 4.44. The van der Waals surface area contributed by atoms with Crippen molar-refractivity contribution in [2.75, 3.05) is 18.4 Å². The highest BCUT2D eigenvalue weighted by Gasteiger charge is 2.06. The third kappa shape index (κ3) is 4.79. The summed E-state index contributed by atoms with van der Waals surface area (Å²) in [7, 11) is 2.89. The zero-order chi connectivity index (χ0) is 16.0. The van der Waals surface area contributed by atoms with Gasteiger partial charge in [-0.2, -0.15) is 0 Å². The number of anilines is 1. The molecule has 0 radical (unpaired) electrons. The Kier molecular flexibility index (Phi) is 5.70. The highest BCUT2D eigenvalue weighted by Crippen LogP contribution is 1.98. The molecule has 0 fully saturated rings. The fourth-order valence-electron chi connectivity index (χ4n) is 1.60. The van der Waals surface area contributed by atoms with E-state index in [9.17, 15) is 19.2 Å². The highest BCUT2D eigenvalue weighted by atomic mass is 16.4. The second-order valence-electron chi connectivity index (χ2n) is 4.44. The van der Waals surface area contributed by atoms with E-state index < -0.39 is 17.2 Å². The lowest BCUT2D eigenvalue weighted by Gasteiger charge is -2.11. The minimum absolute atomic E-state index is 0.0680. The molecule has 1 amide bonds. The molecule has 9 nitrogen and oxygen atoms in total. The molecule has 0 saturated carbocycles. The summed E-state index contributed by atoms with van der Waals surface area (Å²) in [4.78, 5) is 44.8. The number of hydrogen-bond donors (Lipinski definition) is 3. The van der Waals surface area contributed by atoms with Crippen LogP contribution in [0.25, 0.3) is 0 Å². The number of aliphatic carboxylic acids is 1. The number of amides is 1. The van der Waals surface area contributed by atoms with Crippen molar-refractivity contribution in [3.8, 4) is 0 Å². The minimum Gasteiger partial charge on any atom is -0.481 e. The van der Waals surface area contributed by atoms with Crippen LogP contribution in [-0.4, -0.2) is 39.2 Å². The molecule has 0 atom stereocenters. The molecule has 0 spiro atoms. The van der Waals surface area contributed by atoms with Gasteiger partial charge in [0.25, 0.3) is 5.56 Å². The van der Waals surface area contributed by atoms with E-state index in [1.807, 2.05) is 0 Å². The van der Waals surface area contributed by atoms with E-state index in [1.54, 1.807) is 0 Å². The summed E-state index contributed by atoms with van der Waals surface area (Å²) in [6.45, 7) is 0.290. The van der Waals surface area contributed by atoms with Gasteiger partial charge in [0.15, 0.2) is 0 Å². The minimum atomic E-state index is -0.983. The van der Waals surface area contributed by atoms with Crippen LogP contribution in [0.15, 0.2) is 15.7 Å². The first kappa shape index (κ1) is 16.5. The first-order chi connectivity index (χ1) is 9.82. The lowest BCUT2D eigenvalue weighted by molar-refractivity contribution is -0.136. The SMILES string of the molecule is Cn1c(NCCC(=O)NCCC(=O)O)cc(=O)n(C)c1=O. The summed E-state index contributed by atoms with van der Waals surface area (Å²) in [6.07, 6.45) is -0.0363. The first-order valence-corrected chi connectivity index (χ1v) is 6.32. The molecule has 0 saturated heterocycles. The summed E-state index contributed by atoms with van der Waals surface area (Å²) in [5.74, 6) is -0.970.